The number of carboxylic acids is 2. The van der Waals surface area contributed by atoms with Crippen LogP contribution in [-0.2, 0) is 37.1 Å². The number of aliphatic carboxylic acids is 2. The van der Waals surface area contributed by atoms with Crippen molar-refractivity contribution in [3.63, 3.8) is 0 Å². The summed E-state index contributed by atoms with van der Waals surface area (Å²) in [6.45, 7) is 3.15. The lowest BCUT2D eigenvalue weighted by atomic mass is 10.0. The first kappa shape index (κ1) is 33.6. The summed E-state index contributed by atoms with van der Waals surface area (Å²) in [7, 11) is 0. The predicted octanol–water partition coefficient (Wildman–Crippen LogP) is -0.556. The van der Waals surface area contributed by atoms with E-state index in [4.69, 9.17) is 21.7 Å². The fourth-order valence-electron chi connectivity index (χ4n) is 5.11. The summed E-state index contributed by atoms with van der Waals surface area (Å²) >= 11 is 3.53. The molecule has 4 aromatic heterocycles. The molecule has 4 aromatic rings. The second kappa shape index (κ2) is 12.9. The molecule has 0 aromatic carbocycles. The first-order valence-corrected chi connectivity index (χ1v) is 17.1. The number of carbonyl (C=O) groups is 4. The summed E-state index contributed by atoms with van der Waals surface area (Å²) in [5.74, 6) is -4.53. The predicted molar refractivity (Wildman–Crippen MR) is 177 cm³/mol. The molecule has 2 aliphatic rings. The van der Waals surface area contributed by atoms with Crippen LogP contribution in [0.5, 0.6) is 0 Å². The van der Waals surface area contributed by atoms with Gasteiger partial charge in [0, 0.05) is 56.3 Å². The van der Waals surface area contributed by atoms with Gasteiger partial charge in [0.1, 0.15) is 22.8 Å². The molecule has 7 N–H and O–H groups in total. The Hall–Kier alpha value is -5.34. The zero-order chi connectivity index (χ0) is 35.2. The van der Waals surface area contributed by atoms with E-state index < -0.39 is 46.5 Å². The number of carboxylic acid groups (broad SMARTS) is 2. The number of nitrogens with zero attached hydrogens (tertiary/aromatic N) is 6. The van der Waals surface area contributed by atoms with Gasteiger partial charge in [-0.25, -0.2) is 4.79 Å². The molecule has 6 heterocycles. The minimum Gasteiger partial charge on any atom is -0.543 e. The number of nitrogen functional groups attached to an aromatic ring is 2. The van der Waals surface area contributed by atoms with Crippen molar-refractivity contribution in [1.29, 1.82) is 5.41 Å². The third-order valence-electron chi connectivity index (χ3n) is 7.71. The van der Waals surface area contributed by atoms with E-state index in [2.05, 4.69) is 19.8 Å². The van der Waals surface area contributed by atoms with Crippen LogP contribution in [0, 0.1) is 5.41 Å². The number of pyridine rings is 1. The van der Waals surface area contributed by atoms with Crippen LogP contribution in [0.15, 0.2) is 58.6 Å². The van der Waals surface area contributed by atoms with Crippen molar-refractivity contribution in [3.05, 3.63) is 69.7 Å². The summed E-state index contributed by atoms with van der Waals surface area (Å²) in [4.78, 5) is 61.7. The van der Waals surface area contributed by atoms with E-state index >= 15 is 0 Å². The number of amidine groups is 1. The molecule has 1 fully saturated rings. The van der Waals surface area contributed by atoms with Crippen LogP contribution in [0.1, 0.15) is 30.1 Å². The van der Waals surface area contributed by atoms with Crippen LogP contribution in [0.25, 0.3) is 10.9 Å². The maximum absolute atomic E-state index is 13.4. The molecule has 20 heteroatoms. The van der Waals surface area contributed by atoms with Crippen molar-refractivity contribution in [1.82, 2.24) is 24.1 Å². The second-order valence-corrected chi connectivity index (χ2v) is 14.4. The lowest BCUT2D eigenvalue weighted by Gasteiger charge is -2.50. The largest absolute Gasteiger partial charge is 0.543 e. The minimum atomic E-state index is -1.81. The van der Waals surface area contributed by atoms with Crippen molar-refractivity contribution < 1.29 is 38.8 Å². The number of hydrogen-bond donors (Lipinski definition) is 5. The lowest BCUT2D eigenvalue weighted by Crippen LogP contribution is -2.71. The Bertz CT molecular complexity index is 2100. The normalized spacial score (nSPS) is 17.9. The number of thiophene rings is 1. The Labute approximate surface area is 289 Å². The summed E-state index contributed by atoms with van der Waals surface area (Å²) in [5.41, 5.74) is 10.7. The summed E-state index contributed by atoms with van der Waals surface area (Å²) < 4.78 is 7.81. The van der Waals surface area contributed by atoms with Gasteiger partial charge in [0.05, 0.1) is 18.2 Å². The molecule has 0 bridgehead atoms. The highest BCUT2D eigenvalue weighted by Crippen LogP contribution is 2.40. The Morgan fingerprint density at radius 1 is 1.33 bits per heavy atom. The molecule has 6 rings (SSSR count). The molecule has 2 amide bonds. The van der Waals surface area contributed by atoms with E-state index in [1.54, 1.807) is 0 Å². The van der Waals surface area contributed by atoms with E-state index in [0.29, 0.717) is 17.7 Å². The number of aromatic nitrogens is 4. The monoisotopic (exact) mass is 724 g/mol. The van der Waals surface area contributed by atoms with Gasteiger partial charge in [-0.2, -0.15) is 13.9 Å². The van der Waals surface area contributed by atoms with E-state index in [1.807, 2.05) is 51.3 Å². The standard InChI is InChI=1S/C29H28N10O7S3/c1-29(2,27(44)45)46-35-18(22-34-28(32)49-36-22)23(40)33-19-24(41)39-20(26(42)43)15(12-48-25(19)39)8-37-5-3-13-4-6-38(17(13)10-37)9-16-7-14(11-47-16)21(30)31/h3-7,10-11,19,25H,8-9,12H2,1-2H3,(H7-,30,31,32,33,34,36,40,42,43,44,45)/b35-18-/t19-,25-/m1/s1. The Balaban J connectivity index is 1.21. The number of rotatable bonds is 12. The molecule has 1 saturated heterocycles. The van der Waals surface area contributed by atoms with E-state index in [1.165, 1.54) is 36.9 Å². The van der Waals surface area contributed by atoms with Gasteiger partial charge in [-0.15, -0.1) is 23.1 Å². The summed E-state index contributed by atoms with van der Waals surface area (Å²) in [6, 6.07) is 4.60. The van der Waals surface area contributed by atoms with Crippen LogP contribution < -0.4 is 26.5 Å². The first-order valence-electron chi connectivity index (χ1n) is 14.4. The van der Waals surface area contributed by atoms with E-state index in [0.717, 1.165) is 32.2 Å². The number of hydrogen-bond acceptors (Lipinski definition) is 14. The molecule has 2 aliphatic heterocycles. The maximum Gasteiger partial charge on any atom is 0.350 e. The summed E-state index contributed by atoms with van der Waals surface area (Å²) in [6.07, 6.45) is 5.65. The second-order valence-electron chi connectivity index (χ2n) is 11.5. The highest BCUT2D eigenvalue weighted by Gasteiger charge is 2.53. The van der Waals surface area contributed by atoms with Crippen LogP contribution in [0.3, 0.4) is 0 Å². The average molecular weight is 725 g/mol. The van der Waals surface area contributed by atoms with Crippen molar-refractivity contribution in [3.8, 4) is 0 Å². The van der Waals surface area contributed by atoms with Gasteiger partial charge in [-0.1, -0.05) is 5.16 Å². The van der Waals surface area contributed by atoms with E-state index in [9.17, 15) is 29.4 Å². The van der Waals surface area contributed by atoms with Crippen molar-refractivity contribution in [2.75, 3.05) is 11.5 Å². The Morgan fingerprint density at radius 3 is 2.76 bits per heavy atom. The molecular formula is C29H28N10O7S3. The number of oxime groups is 1. The number of thioether (sulfide) groups is 1. The number of amides is 2. The number of β-lactam (4-membered cyclic amide) rings is 1. The minimum absolute atomic E-state index is 0.000491. The smallest absolute Gasteiger partial charge is 0.350 e. The maximum atomic E-state index is 13.4. The van der Waals surface area contributed by atoms with Gasteiger partial charge in [-0.3, -0.25) is 19.9 Å². The Morgan fingerprint density at radius 2 is 2.10 bits per heavy atom. The third-order valence-corrected chi connectivity index (χ3v) is 10.5. The van der Waals surface area contributed by atoms with Gasteiger partial charge in [-0.05, 0) is 26.0 Å². The highest BCUT2D eigenvalue weighted by atomic mass is 32.2. The zero-order valence-corrected chi connectivity index (χ0v) is 28.2. The van der Waals surface area contributed by atoms with Gasteiger partial charge in [0.2, 0.25) is 17.1 Å². The molecule has 254 valence electrons. The number of anilines is 1. The molecule has 0 radical (unpaired) electrons. The van der Waals surface area contributed by atoms with Crippen LogP contribution in [0.2, 0.25) is 0 Å². The number of fused-ring (bicyclic) bond motifs is 2. The number of carbonyl (C=O) groups excluding carboxylic acids is 3. The van der Waals surface area contributed by atoms with Gasteiger partial charge < -0.3 is 41.2 Å². The molecule has 0 unspecified atom stereocenters. The molecular weight excluding hydrogens is 697 g/mol. The van der Waals surface area contributed by atoms with E-state index in [-0.39, 0.29) is 34.8 Å². The fourth-order valence-corrected chi connectivity index (χ4v) is 7.77. The molecule has 0 saturated carbocycles. The van der Waals surface area contributed by atoms with Crippen LogP contribution >= 0.6 is 34.6 Å². The molecule has 49 heavy (non-hydrogen) atoms. The number of nitrogens with one attached hydrogen (secondary N) is 2. The van der Waals surface area contributed by atoms with Gasteiger partial charge >= 0.3 is 5.97 Å². The topological polar surface area (TPSA) is 259 Å². The highest BCUT2D eigenvalue weighted by molar-refractivity contribution is 8.00. The average Bonchev–Trinajstić information content (AvgIpc) is 3.80. The molecule has 17 nitrogen and oxygen atoms in total. The summed E-state index contributed by atoms with van der Waals surface area (Å²) in [5, 5.41) is 37.7. The van der Waals surface area contributed by atoms with Crippen molar-refractivity contribution in [2.24, 2.45) is 10.9 Å². The Kier molecular flexibility index (Phi) is 8.86. The quantitative estimate of drug-likeness (QED) is 0.0405. The van der Waals surface area contributed by atoms with Crippen molar-refractivity contribution >= 4 is 86.0 Å². The van der Waals surface area contributed by atoms with Gasteiger partial charge in [0.15, 0.2) is 24.1 Å². The third kappa shape index (κ3) is 6.56. The molecule has 0 spiro atoms. The zero-order valence-electron chi connectivity index (χ0n) is 25.8. The van der Waals surface area contributed by atoms with Crippen LogP contribution in [-0.4, -0.2) is 82.0 Å². The molecule has 2 atom stereocenters. The fraction of sp³-hybridized carbons (Fsp3) is 0.276. The molecule has 0 aliphatic carbocycles. The van der Waals surface area contributed by atoms with Crippen LogP contribution in [0.4, 0.5) is 5.13 Å². The van der Waals surface area contributed by atoms with Crippen molar-refractivity contribution in [2.45, 2.75) is 44.0 Å². The lowest BCUT2D eigenvalue weighted by molar-refractivity contribution is -0.687. The number of nitrogens with two attached hydrogens (primary N) is 2. The SMILES string of the molecule is CC(C)(O/N=C(\C(=O)N[C@@H]1C(=O)N2C(C(=O)[O-])=C(C[n+]3ccc4ccn(Cc5cc(C(=N)N)cs5)c4c3)CS[C@H]12)c1nsc(N)n1)C(=O)O. The van der Waals surface area contributed by atoms with Gasteiger partial charge in [0.25, 0.3) is 11.8 Å². The first-order chi connectivity index (χ1) is 23.2.